The van der Waals surface area contributed by atoms with E-state index in [0.717, 1.165) is 22.9 Å². The van der Waals surface area contributed by atoms with E-state index >= 15 is 0 Å². The van der Waals surface area contributed by atoms with Crippen LogP contribution >= 0.6 is 0 Å². The second kappa shape index (κ2) is 5.03. The number of aliphatic carboxylic acids is 1. The molecule has 2 rings (SSSR count). The third-order valence-corrected chi connectivity index (χ3v) is 2.42. The fourth-order valence-electron chi connectivity index (χ4n) is 1.63. The molecule has 2 N–H and O–H groups in total. The molecule has 0 aliphatic heterocycles. The Morgan fingerprint density at radius 2 is 1.90 bits per heavy atom. The number of carbonyl (C=O) groups is 2. The van der Waals surface area contributed by atoms with Crippen LogP contribution < -0.4 is 0 Å². The summed E-state index contributed by atoms with van der Waals surface area (Å²) in [4.78, 5) is 21.7. The lowest BCUT2D eigenvalue weighted by Gasteiger charge is -2.05. The van der Waals surface area contributed by atoms with E-state index in [0.29, 0.717) is 0 Å². The van der Waals surface area contributed by atoms with Gasteiger partial charge in [-0.05, 0) is 18.2 Å². The molecule has 0 unspecified atom stereocenters. The van der Waals surface area contributed by atoms with E-state index in [4.69, 9.17) is 10.2 Å². The van der Waals surface area contributed by atoms with Crippen LogP contribution in [0.5, 0.6) is 0 Å². The Morgan fingerprint density at radius 3 is 2.45 bits per heavy atom. The van der Waals surface area contributed by atoms with Gasteiger partial charge in [0.25, 0.3) is 0 Å². The van der Waals surface area contributed by atoms with Crippen LogP contribution in [-0.4, -0.2) is 37.1 Å². The van der Waals surface area contributed by atoms with Gasteiger partial charge in [0, 0.05) is 5.56 Å². The number of aromatic carboxylic acids is 1. The second-order valence-corrected chi connectivity index (χ2v) is 3.77. The zero-order chi connectivity index (χ0) is 14.9. The van der Waals surface area contributed by atoms with Gasteiger partial charge < -0.3 is 10.2 Å². The van der Waals surface area contributed by atoms with Crippen molar-refractivity contribution in [3.8, 4) is 11.3 Å². The molecule has 2 aromatic rings. The Labute approximate surface area is 110 Å². The predicted octanol–water partition coefficient (Wildman–Crippen LogP) is 1.01. The lowest BCUT2D eigenvalue weighted by Crippen LogP contribution is -2.12. The van der Waals surface area contributed by atoms with Crippen LogP contribution in [0.25, 0.3) is 11.3 Å². The number of halogens is 2. The smallest absolute Gasteiger partial charge is 0.358 e. The Morgan fingerprint density at radius 1 is 1.20 bits per heavy atom. The van der Waals surface area contributed by atoms with Gasteiger partial charge in [0.15, 0.2) is 17.3 Å². The summed E-state index contributed by atoms with van der Waals surface area (Å²) in [6.45, 7) is -0.658. The zero-order valence-corrected chi connectivity index (χ0v) is 9.75. The van der Waals surface area contributed by atoms with Crippen molar-refractivity contribution >= 4 is 11.9 Å². The van der Waals surface area contributed by atoms with E-state index in [-0.39, 0.29) is 11.3 Å². The van der Waals surface area contributed by atoms with E-state index in [1.165, 1.54) is 0 Å². The highest BCUT2D eigenvalue weighted by Crippen LogP contribution is 2.24. The standard InChI is InChI=1S/C11H7F2N3O4/c12-6-2-1-5(3-7(6)13)10-9(11(19)20)14-15-16(10)4-8(17)18/h1-3H,4H2,(H,17,18)(H,19,20). The highest BCUT2D eigenvalue weighted by molar-refractivity contribution is 5.92. The van der Waals surface area contributed by atoms with Gasteiger partial charge in [0.05, 0.1) is 0 Å². The van der Waals surface area contributed by atoms with Gasteiger partial charge in [0.1, 0.15) is 12.2 Å². The molecule has 0 saturated heterocycles. The van der Waals surface area contributed by atoms with Crippen molar-refractivity contribution in [2.24, 2.45) is 0 Å². The number of carboxylic acid groups (broad SMARTS) is 2. The number of nitrogens with zero attached hydrogens (tertiary/aromatic N) is 3. The van der Waals surface area contributed by atoms with Gasteiger partial charge in [-0.25, -0.2) is 18.3 Å². The van der Waals surface area contributed by atoms with Crippen LogP contribution in [0, 0.1) is 11.6 Å². The van der Waals surface area contributed by atoms with Crippen molar-refractivity contribution < 1.29 is 28.6 Å². The Hall–Kier alpha value is -2.84. The van der Waals surface area contributed by atoms with Crippen molar-refractivity contribution in [2.75, 3.05) is 0 Å². The summed E-state index contributed by atoms with van der Waals surface area (Å²) in [7, 11) is 0. The number of aromatic nitrogens is 3. The summed E-state index contributed by atoms with van der Waals surface area (Å²) in [5.41, 5.74) is -0.788. The summed E-state index contributed by atoms with van der Waals surface area (Å²) in [6, 6.07) is 2.66. The lowest BCUT2D eigenvalue weighted by molar-refractivity contribution is -0.137. The minimum atomic E-state index is -1.46. The third kappa shape index (κ3) is 2.46. The predicted molar refractivity (Wildman–Crippen MR) is 60.0 cm³/mol. The number of carboxylic acids is 2. The molecular weight excluding hydrogens is 276 g/mol. The summed E-state index contributed by atoms with van der Waals surface area (Å²) in [5, 5.41) is 24.4. The molecule has 0 bridgehead atoms. The number of benzene rings is 1. The van der Waals surface area contributed by atoms with Crippen LogP contribution in [0.3, 0.4) is 0 Å². The minimum Gasteiger partial charge on any atom is -0.480 e. The molecule has 7 nitrogen and oxygen atoms in total. The van der Waals surface area contributed by atoms with Gasteiger partial charge >= 0.3 is 11.9 Å². The first kappa shape index (κ1) is 13.6. The molecule has 0 fully saturated rings. The summed E-state index contributed by atoms with van der Waals surface area (Å²) in [5.74, 6) is -5.04. The fraction of sp³-hybridized carbons (Fsp3) is 0.0909. The van der Waals surface area contributed by atoms with Gasteiger partial charge in [-0.2, -0.15) is 0 Å². The quantitative estimate of drug-likeness (QED) is 0.867. The molecule has 0 atom stereocenters. The molecule has 20 heavy (non-hydrogen) atoms. The highest BCUT2D eigenvalue weighted by atomic mass is 19.2. The van der Waals surface area contributed by atoms with E-state index in [9.17, 15) is 18.4 Å². The van der Waals surface area contributed by atoms with Crippen molar-refractivity contribution in [1.82, 2.24) is 15.0 Å². The Balaban J connectivity index is 2.62. The molecule has 0 aliphatic carbocycles. The summed E-state index contributed by atoms with van der Waals surface area (Å²) >= 11 is 0. The van der Waals surface area contributed by atoms with E-state index in [1.54, 1.807) is 0 Å². The van der Waals surface area contributed by atoms with Crippen LogP contribution in [0.1, 0.15) is 10.5 Å². The molecule has 0 saturated carbocycles. The molecule has 1 aromatic heterocycles. The molecule has 0 spiro atoms. The minimum absolute atomic E-state index is 0.0347. The van der Waals surface area contributed by atoms with E-state index in [1.807, 2.05) is 0 Å². The largest absolute Gasteiger partial charge is 0.480 e. The van der Waals surface area contributed by atoms with E-state index < -0.39 is 35.8 Å². The van der Waals surface area contributed by atoms with Crippen LogP contribution in [-0.2, 0) is 11.3 Å². The first-order chi connectivity index (χ1) is 9.40. The molecule has 1 aromatic carbocycles. The zero-order valence-electron chi connectivity index (χ0n) is 9.75. The van der Waals surface area contributed by atoms with Crippen LogP contribution in [0.15, 0.2) is 18.2 Å². The number of hydrogen-bond donors (Lipinski definition) is 2. The Bertz CT molecular complexity index is 699. The topological polar surface area (TPSA) is 105 Å². The highest BCUT2D eigenvalue weighted by Gasteiger charge is 2.22. The van der Waals surface area contributed by atoms with E-state index in [2.05, 4.69) is 10.3 Å². The third-order valence-electron chi connectivity index (χ3n) is 2.42. The number of hydrogen-bond acceptors (Lipinski definition) is 4. The van der Waals surface area contributed by atoms with Crippen molar-refractivity contribution in [3.05, 3.63) is 35.5 Å². The first-order valence-corrected chi connectivity index (χ1v) is 5.24. The molecule has 104 valence electrons. The van der Waals surface area contributed by atoms with Crippen molar-refractivity contribution in [1.29, 1.82) is 0 Å². The maximum absolute atomic E-state index is 13.2. The summed E-state index contributed by atoms with van der Waals surface area (Å²) < 4.78 is 26.9. The lowest BCUT2D eigenvalue weighted by atomic mass is 10.1. The SMILES string of the molecule is O=C(O)Cn1nnc(C(=O)O)c1-c1ccc(F)c(F)c1. The summed E-state index contributed by atoms with van der Waals surface area (Å²) in [6.07, 6.45) is 0. The Kier molecular flexibility index (Phi) is 3.42. The normalized spacial score (nSPS) is 10.5. The van der Waals surface area contributed by atoms with Crippen LogP contribution in [0.2, 0.25) is 0 Å². The second-order valence-electron chi connectivity index (χ2n) is 3.77. The first-order valence-electron chi connectivity index (χ1n) is 5.24. The van der Waals surface area contributed by atoms with Crippen LogP contribution in [0.4, 0.5) is 8.78 Å². The van der Waals surface area contributed by atoms with Gasteiger partial charge in [-0.15, -0.1) is 5.10 Å². The number of rotatable bonds is 4. The molecule has 0 amide bonds. The average Bonchev–Trinajstić information content (AvgIpc) is 2.75. The maximum atomic E-state index is 13.2. The molecule has 9 heteroatoms. The fourth-order valence-corrected chi connectivity index (χ4v) is 1.63. The van der Waals surface area contributed by atoms with Gasteiger partial charge in [-0.1, -0.05) is 5.21 Å². The molecule has 0 radical (unpaired) electrons. The molecule has 0 aliphatic rings. The maximum Gasteiger partial charge on any atom is 0.358 e. The van der Waals surface area contributed by atoms with Gasteiger partial charge in [0.2, 0.25) is 0 Å². The van der Waals surface area contributed by atoms with Crippen molar-refractivity contribution in [2.45, 2.75) is 6.54 Å². The molecule has 1 heterocycles. The molecular formula is C11H7F2N3O4. The van der Waals surface area contributed by atoms with Crippen molar-refractivity contribution in [3.63, 3.8) is 0 Å². The van der Waals surface area contributed by atoms with Gasteiger partial charge in [-0.3, -0.25) is 4.79 Å². The average molecular weight is 283 g/mol. The monoisotopic (exact) mass is 283 g/mol.